The zero-order valence-corrected chi connectivity index (χ0v) is 15.7. The van der Waals surface area contributed by atoms with E-state index in [4.69, 9.17) is 4.74 Å². The van der Waals surface area contributed by atoms with E-state index in [1.54, 1.807) is 17.4 Å². The van der Waals surface area contributed by atoms with E-state index in [1.165, 1.54) is 11.1 Å². The Balaban J connectivity index is 1.41. The SMILES string of the molecule is Cc1ncccc1C1CCN(C(=O)N2C=COC(CC3=CC=CCC3)=C2)C1. The zero-order chi connectivity index (χ0) is 18.6. The van der Waals surface area contributed by atoms with Crippen molar-refractivity contribution in [1.29, 1.82) is 0 Å². The summed E-state index contributed by atoms with van der Waals surface area (Å²) in [5.41, 5.74) is 3.64. The molecule has 1 atom stereocenters. The Bertz CT molecular complexity index is 838. The fourth-order valence-corrected chi connectivity index (χ4v) is 3.92. The number of pyridine rings is 1. The molecular weight excluding hydrogens is 338 g/mol. The zero-order valence-electron chi connectivity index (χ0n) is 15.7. The second-order valence-electron chi connectivity index (χ2n) is 7.27. The lowest BCUT2D eigenvalue weighted by Gasteiger charge is -2.26. The first-order chi connectivity index (χ1) is 13.2. The number of hydrogen-bond donors (Lipinski definition) is 0. The lowest BCUT2D eigenvalue weighted by atomic mass is 9.97. The first kappa shape index (κ1) is 17.6. The summed E-state index contributed by atoms with van der Waals surface area (Å²) in [7, 11) is 0. The largest absolute Gasteiger partial charge is 0.466 e. The monoisotopic (exact) mass is 363 g/mol. The summed E-state index contributed by atoms with van der Waals surface area (Å²) in [6.07, 6.45) is 17.2. The molecule has 0 saturated carbocycles. The van der Waals surface area contributed by atoms with E-state index in [-0.39, 0.29) is 6.03 Å². The van der Waals surface area contributed by atoms with Crippen molar-refractivity contribution in [2.24, 2.45) is 0 Å². The number of rotatable bonds is 3. The van der Waals surface area contributed by atoms with Crippen LogP contribution in [0.2, 0.25) is 0 Å². The van der Waals surface area contributed by atoms with E-state index in [9.17, 15) is 4.79 Å². The number of ether oxygens (including phenoxy) is 1. The van der Waals surface area contributed by atoms with E-state index >= 15 is 0 Å². The minimum Gasteiger partial charge on any atom is -0.466 e. The van der Waals surface area contributed by atoms with Gasteiger partial charge in [0.25, 0.3) is 0 Å². The van der Waals surface area contributed by atoms with E-state index in [2.05, 4.69) is 29.3 Å². The van der Waals surface area contributed by atoms with Crippen molar-refractivity contribution in [2.75, 3.05) is 13.1 Å². The maximum Gasteiger partial charge on any atom is 0.328 e. The molecule has 0 aromatic carbocycles. The average Bonchev–Trinajstić information content (AvgIpc) is 3.19. The Morgan fingerprint density at radius 1 is 1.41 bits per heavy atom. The Morgan fingerprint density at radius 3 is 3.15 bits per heavy atom. The molecule has 0 bridgehead atoms. The first-order valence-corrected chi connectivity index (χ1v) is 9.58. The van der Waals surface area contributed by atoms with E-state index < -0.39 is 0 Å². The Hall–Kier alpha value is -2.82. The number of aryl methyl sites for hydroxylation is 1. The summed E-state index contributed by atoms with van der Waals surface area (Å²) in [6.45, 7) is 3.53. The van der Waals surface area contributed by atoms with E-state index in [0.29, 0.717) is 5.92 Å². The van der Waals surface area contributed by atoms with Crippen LogP contribution in [0.1, 0.15) is 42.9 Å². The van der Waals surface area contributed by atoms with Crippen LogP contribution in [0, 0.1) is 6.92 Å². The molecule has 27 heavy (non-hydrogen) atoms. The average molecular weight is 363 g/mol. The number of carbonyl (C=O) groups is 1. The molecule has 5 nitrogen and oxygen atoms in total. The number of hydrogen-bond acceptors (Lipinski definition) is 3. The fourth-order valence-electron chi connectivity index (χ4n) is 3.92. The van der Waals surface area contributed by atoms with Gasteiger partial charge in [0.2, 0.25) is 0 Å². The lowest BCUT2D eigenvalue weighted by Crippen LogP contribution is -2.37. The highest BCUT2D eigenvalue weighted by atomic mass is 16.5. The number of likely N-dealkylation sites (tertiary alicyclic amines) is 1. The summed E-state index contributed by atoms with van der Waals surface area (Å²) in [5, 5.41) is 0. The molecule has 4 rings (SSSR count). The van der Waals surface area contributed by atoms with Crippen LogP contribution in [0.4, 0.5) is 4.79 Å². The third kappa shape index (κ3) is 3.97. The third-order valence-corrected chi connectivity index (χ3v) is 5.39. The van der Waals surface area contributed by atoms with Gasteiger partial charge in [0.1, 0.15) is 12.0 Å². The minimum absolute atomic E-state index is 0.00797. The van der Waals surface area contributed by atoms with Gasteiger partial charge in [-0.1, -0.05) is 29.9 Å². The lowest BCUT2D eigenvalue weighted by molar-refractivity contribution is 0.184. The summed E-state index contributed by atoms with van der Waals surface area (Å²) < 4.78 is 5.62. The maximum atomic E-state index is 13.0. The van der Waals surface area contributed by atoms with Crippen LogP contribution >= 0.6 is 0 Å². The fraction of sp³-hybridized carbons (Fsp3) is 0.364. The molecule has 0 N–H and O–H groups in total. The number of urea groups is 1. The van der Waals surface area contributed by atoms with Gasteiger partial charge in [0, 0.05) is 43.5 Å². The molecule has 1 saturated heterocycles. The molecule has 1 aromatic heterocycles. The van der Waals surface area contributed by atoms with Crippen LogP contribution in [0.15, 0.2) is 66.6 Å². The van der Waals surface area contributed by atoms with Gasteiger partial charge in [-0.15, -0.1) is 0 Å². The smallest absolute Gasteiger partial charge is 0.328 e. The Morgan fingerprint density at radius 2 is 2.33 bits per heavy atom. The van der Waals surface area contributed by atoms with E-state index in [1.807, 2.05) is 30.3 Å². The first-order valence-electron chi connectivity index (χ1n) is 9.58. The molecule has 1 aliphatic carbocycles. The predicted octanol–water partition coefficient (Wildman–Crippen LogP) is 4.61. The minimum atomic E-state index is 0.00797. The number of aromatic nitrogens is 1. The van der Waals surface area contributed by atoms with Gasteiger partial charge < -0.3 is 9.64 Å². The van der Waals surface area contributed by atoms with Gasteiger partial charge in [0.05, 0.1) is 6.20 Å². The highest BCUT2D eigenvalue weighted by Gasteiger charge is 2.30. The topological polar surface area (TPSA) is 45.7 Å². The highest BCUT2D eigenvalue weighted by Crippen LogP contribution is 2.30. The quantitative estimate of drug-likeness (QED) is 0.788. The molecule has 2 amide bonds. The number of allylic oxidation sites excluding steroid dienone is 4. The van der Waals surface area contributed by atoms with Crippen LogP contribution in [-0.2, 0) is 4.74 Å². The van der Waals surface area contributed by atoms with Crippen molar-refractivity contribution < 1.29 is 9.53 Å². The number of amides is 2. The summed E-state index contributed by atoms with van der Waals surface area (Å²) >= 11 is 0. The van der Waals surface area contributed by atoms with Crippen molar-refractivity contribution in [2.45, 2.75) is 38.5 Å². The van der Waals surface area contributed by atoms with Crippen LogP contribution in [0.25, 0.3) is 0 Å². The molecule has 140 valence electrons. The molecule has 0 radical (unpaired) electrons. The van der Waals surface area contributed by atoms with Crippen molar-refractivity contribution in [3.8, 4) is 0 Å². The molecule has 1 unspecified atom stereocenters. The Kier molecular flexibility index (Phi) is 5.10. The molecule has 1 aromatic rings. The van der Waals surface area contributed by atoms with Gasteiger partial charge in [0.15, 0.2) is 0 Å². The predicted molar refractivity (Wildman–Crippen MR) is 105 cm³/mol. The molecular formula is C22H25N3O2. The highest BCUT2D eigenvalue weighted by molar-refractivity contribution is 5.77. The van der Waals surface area contributed by atoms with Gasteiger partial charge >= 0.3 is 6.03 Å². The van der Waals surface area contributed by atoms with Crippen LogP contribution in [0.3, 0.4) is 0 Å². The van der Waals surface area contributed by atoms with Crippen LogP contribution < -0.4 is 0 Å². The van der Waals surface area contributed by atoms with Crippen molar-refractivity contribution in [3.05, 3.63) is 77.8 Å². The second-order valence-corrected chi connectivity index (χ2v) is 7.27. The van der Waals surface area contributed by atoms with Gasteiger partial charge in [-0.05, 0) is 37.8 Å². The second kappa shape index (κ2) is 7.82. The summed E-state index contributed by atoms with van der Waals surface area (Å²) in [4.78, 5) is 20.9. The van der Waals surface area contributed by atoms with Gasteiger partial charge in [-0.3, -0.25) is 9.88 Å². The van der Waals surface area contributed by atoms with Gasteiger partial charge in [-0.25, -0.2) is 4.79 Å². The molecule has 2 aliphatic heterocycles. The maximum absolute atomic E-state index is 13.0. The van der Waals surface area contributed by atoms with Crippen LogP contribution in [-0.4, -0.2) is 33.9 Å². The Labute approximate surface area is 160 Å². The third-order valence-electron chi connectivity index (χ3n) is 5.39. The number of nitrogens with zero attached hydrogens (tertiary/aromatic N) is 3. The van der Waals surface area contributed by atoms with Crippen molar-refractivity contribution >= 4 is 6.03 Å². The number of carbonyl (C=O) groups excluding carboxylic acids is 1. The summed E-state index contributed by atoms with van der Waals surface area (Å²) in [6, 6.07) is 4.11. The summed E-state index contributed by atoms with van der Waals surface area (Å²) in [5.74, 6) is 1.17. The van der Waals surface area contributed by atoms with E-state index in [0.717, 1.165) is 50.2 Å². The van der Waals surface area contributed by atoms with Crippen molar-refractivity contribution in [1.82, 2.24) is 14.8 Å². The molecule has 0 spiro atoms. The molecule has 3 heterocycles. The van der Waals surface area contributed by atoms with Gasteiger partial charge in [-0.2, -0.15) is 0 Å². The normalized spacial score (nSPS) is 21.7. The van der Waals surface area contributed by atoms with Crippen LogP contribution in [0.5, 0.6) is 0 Å². The molecule has 1 fully saturated rings. The van der Waals surface area contributed by atoms with Crippen molar-refractivity contribution in [3.63, 3.8) is 0 Å². The molecule has 5 heteroatoms. The standard InChI is InChI=1S/C22H25N3O2/c1-17-21(8-5-10-23-17)19-9-11-24(15-19)22(26)25-12-13-27-20(16-25)14-18-6-3-2-4-7-18/h2-3,5-6,8,10,12-13,16,19H,4,7,9,11,14-15H2,1H3. The molecule has 3 aliphatic rings.